The van der Waals surface area contributed by atoms with E-state index in [0.29, 0.717) is 21.9 Å². The van der Waals surface area contributed by atoms with Crippen LogP contribution in [0.4, 0.5) is 0 Å². The topological polar surface area (TPSA) is 59.7 Å². The zero-order valence-electron chi connectivity index (χ0n) is 11.8. The average molecular weight is 292 g/mol. The molecule has 0 amide bonds. The van der Waals surface area contributed by atoms with Gasteiger partial charge in [0.05, 0.1) is 17.9 Å². The maximum absolute atomic E-state index is 12.6. The summed E-state index contributed by atoms with van der Waals surface area (Å²) >= 11 is 0. The van der Waals surface area contributed by atoms with Crippen molar-refractivity contribution in [3.05, 3.63) is 58.8 Å². The Morgan fingerprint density at radius 1 is 0.909 bits per heavy atom. The first-order valence-corrected chi connectivity index (χ1v) is 6.83. The monoisotopic (exact) mass is 292 g/mol. The lowest BCUT2D eigenvalue weighted by Gasteiger charge is -2.06. The van der Waals surface area contributed by atoms with Gasteiger partial charge in [0.1, 0.15) is 22.7 Å². The highest BCUT2D eigenvalue weighted by atomic mass is 16.5. The number of methoxy groups -OCH3 is 1. The molecule has 22 heavy (non-hydrogen) atoms. The summed E-state index contributed by atoms with van der Waals surface area (Å²) in [5.74, 6) is 0.808. The Morgan fingerprint density at radius 2 is 1.73 bits per heavy atom. The number of fused-ring (bicyclic) bond motifs is 3. The fourth-order valence-electron chi connectivity index (χ4n) is 2.69. The van der Waals surface area contributed by atoms with E-state index in [-0.39, 0.29) is 11.2 Å². The molecule has 4 heteroatoms. The summed E-state index contributed by atoms with van der Waals surface area (Å²) in [6.07, 6.45) is 0. The number of phenols is 1. The van der Waals surface area contributed by atoms with Crippen molar-refractivity contribution in [2.75, 3.05) is 7.11 Å². The predicted molar refractivity (Wildman–Crippen MR) is 85.7 cm³/mol. The van der Waals surface area contributed by atoms with Crippen molar-refractivity contribution in [3.8, 4) is 11.5 Å². The first kappa shape index (κ1) is 12.7. The van der Waals surface area contributed by atoms with Crippen molar-refractivity contribution < 1.29 is 14.3 Å². The van der Waals surface area contributed by atoms with E-state index >= 15 is 0 Å². The number of benzene rings is 3. The molecule has 1 heterocycles. The fraction of sp³-hybridized carbons (Fsp3) is 0.0556. The number of hydrogen-bond acceptors (Lipinski definition) is 4. The average Bonchev–Trinajstić information content (AvgIpc) is 2.53. The smallest absolute Gasteiger partial charge is 0.200 e. The van der Waals surface area contributed by atoms with Gasteiger partial charge in [0.15, 0.2) is 0 Å². The molecule has 0 atom stereocenters. The van der Waals surface area contributed by atoms with E-state index in [1.165, 1.54) is 12.1 Å². The molecule has 3 aromatic carbocycles. The highest BCUT2D eigenvalue weighted by Crippen LogP contribution is 2.27. The van der Waals surface area contributed by atoms with Gasteiger partial charge in [-0.2, -0.15) is 0 Å². The number of phenolic OH excluding ortho intramolecular Hbond substituents is 1. The lowest BCUT2D eigenvalue weighted by atomic mass is 10.1. The minimum Gasteiger partial charge on any atom is -0.508 e. The van der Waals surface area contributed by atoms with Crippen molar-refractivity contribution in [1.82, 2.24) is 0 Å². The summed E-state index contributed by atoms with van der Waals surface area (Å²) in [7, 11) is 1.61. The molecule has 0 spiro atoms. The third kappa shape index (κ3) is 1.81. The lowest BCUT2D eigenvalue weighted by Crippen LogP contribution is -2.01. The second-order valence-corrected chi connectivity index (χ2v) is 5.17. The Labute approximate surface area is 125 Å². The van der Waals surface area contributed by atoms with Crippen molar-refractivity contribution in [3.63, 3.8) is 0 Å². The van der Waals surface area contributed by atoms with Gasteiger partial charge in [0, 0.05) is 6.07 Å². The van der Waals surface area contributed by atoms with Crippen LogP contribution in [-0.4, -0.2) is 12.2 Å². The van der Waals surface area contributed by atoms with Crippen LogP contribution in [0, 0.1) is 0 Å². The molecular weight excluding hydrogens is 280 g/mol. The van der Waals surface area contributed by atoms with Crippen LogP contribution >= 0.6 is 0 Å². The molecule has 0 radical (unpaired) electrons. The summed E-state index contributed by atoms with van der Waals surface area (Å²) in [5, 5.41) is 12.4. The van der Waals surface area contributed by atoms with Gasteiger partial charge < -0.3 is 14.3 Å². The molecule has 1 N–H and O–H groups in total. The molecule has 4 nitrogen and oxygen atoms in total. The van der Waals surface area contributed by atoms with E-state index in [1.54, 1.807) is 13.2 Å². The SMILES string of the molecule is COc1ccc2cc3oc4cc(O)ccc4c(=O)c3cc2c1. The number of rotatable bonds is 1. The van der Waals surface area contributed by atoms with Gasteiger partial charge in [-0.05, 0) is 47.2 Å². The Bertz CT molecular complexity index is 1090. The Morgan fingerprint density at radius 3 is 2.55 bits per heavy atom. The van der Waals surface area contributed by atoms with Gasteiger partial charge in [-0.3, -0.25) is 4.79 Å². The highest BCUT2D eigenvalue weighted by Gasteiger charge is 2.10. The number of ether oxygens (including phenoxy) is 1. The van der Waals surface area contributed by atoms with Crippen LogP contribution in [0.25, 0.3) is 32.7 Å². The zero-order valence-corrected chi connectivity index (χ0v) is 11.8. The van der Waals surface area contributed by atoms with Gasteiger partial charge in [-0.15, -0.1) is 0 Å². The van der Waals surface area contributed by atoms with Crippen LogP contribution in [-0.2, 0) is 0 Å². The van der Waals surface area contributed by atoms with E-state index in [4.69, 9.17) is 9.15 Å². The van der Waals surface area contributed by atoms with Crippen molar-refractivity contribution in [2.45, 2.75) is 0 Å². The van der Waals surface area contributed by atoms with Gasteiger partial charge in [0.2, 0.25) is 5.43 Å². The van der Waals surface area contributed by atoms with Crippen LogP contribution in [0.2, 0.25) is 0 Å². The highest BCUT2D eigenvalue weighted by molar-refractivity contribution is 5.99. The van der Waals surface area contributed by atoms with E-state index in [1.807, 2.05) is 30.3 Å². The minimum absolute atomic E-state index is 0.0699. The van der Waals surface area contributed by atoms with Crippen LogP contribution in [0.3, 0.4) is 0 Å². The molecule has 0 aliphatic carbocycles. The van der Waals surface area contributed by atoms with Crippen LogP contribution < -0.4 is 10.2 Å². The summed E-state index contributed by atoms with van der Waals surface area (Å²) in [6.45, 7) is 0. The van der Waals surface area contributed by atoms with Crippen LogP contribution in [0.15, 0.2) is 57.7 Å². The third-order valence-electron chi connectivity index (χ3n) is 3.82. The molecule has 0 bridgehead atoms. The number of hydrogen-bond donors (Lipinski definition) is 1. The van der Waals surface area contributed by atoms with Crippen LogP contribution in [0.5, 0.6) is 11.5 Å². The molecule has 108 valence electrons. The van der Waals surface area contributed by atoms with Gasteiger partial charge in [-0.25, -0.2) is 0 Å². The summed E-state index contributed by atoms with van der Waals surface area (Å²) in [6, 6.07) is 13.8. The fourth-order valence-corrected chi connectivity index (χ4v) is 2.69. The predicted octanol–water partition coefficient (Wildman–Crippen LogP) is 3.81. The molecule has 0 unspecified atom stereocenters. The third-order valence-corrected chi connectivity index (χ3v) is 3.82. The first-order chi connectivity index (χ1) is 10.7. The zero-order chi connectivity index (χ0) is 15.3. The second kappa shape index (κ2) is 4.49. The van der Waals surface area contributed by atoms with Crippen molar-refractivity contribution in [2.24, 2.45) is 0 Å². The molecule has 0 saturated carbocycles. The Balaban J connectivity index is 2.16. The van der Waals surface area contributed by atoms with Gasteiger partial charge >= 0.3 is 0 Å². The minimum atomic E-state index is -0.110. The van der Waals surface area contributed by atoms with E-state index in [0.717, 1.165) is 16.5 Å². The second-order valence-electron chi connectivity index (χ2n) is 5.17. The molecule has 1 aromatic heterocycles. The van der Waals surface area contributed by atoms with Crippen molar-refractivity contribution >= 4 is 32.7 Å². The van der Waals surface area contributed by atoms with E-state index < -0.39 is 0 Å². The summed E-state index contributed by atoms with van der Waals surface area (Å²) in [5.41, 5.74) is 0.770. The summed E-state index contributed by atoms with van der Waals surface area (Å²) in [4.78, 5) is 12.6. The molecule has 4 rings (SSSR count). The quantitative estimate of drug-likeness (QED) is 0.542. The lowest BCUT2D eigenvalue weighted by molar-refractivity contribution is 0.415. The van der Waals surface area contributed by atoms with Gasteiger partial charge in [0.25, 0.3) is 0 Å². The maximum Gasteiger partial charge on any atom is 0.200 e. The summed E-state index contributed by atoms with van der Waals surface area (Å²) < 4.78 is 11.0. The molecule has 0 aliphatic rings. The number of aromatic hydroxyl groups is 1. The maximum atomic E-state index is 12.6. The molecule has 0 saturated heterocycles. The normalized spacial score (nSPS) is 11.3. The molecule has 4 aromatic rings. The van der Waals surface area contributed by atoms with E-state index in [2.05, 4.69) is 0 Å². The van der Waals surface area contributed by atoms with E-state index in [9.17, 15) is 9.90 Å². The molecule has 0 fully saturated rings. The molecular formula is C18H12O4. The largest absolute Gasteiger partial charge is 0.508 e. The van der Waals surface area contributed by atoms with Gasteiger partial charge in [-0.1, -0.05) is 6.07 Å². The Hall–Kier alpha value is -3.01. The Kier molecular flexibility index (Phi) is 2.60. The van der Waals surface area contributed by atoms with Crippen LogP contribution in [0.1, 0.15) is 0 Å². The first-order valence-electron chi connectivity index (χ1n) is 6.83. The molecule has 0 aliphatic heterocycles. The standard InChI is InChI=1S/C18H12O4/c1-21-13-4-2-10-8-16-15(7-11(10)6-13)18(20)14-5-3-12(19)9-17(14)22-16/h2-9,19H,1H3. The van der Waals surface area contributed by atoms with Crippen molar-refractivity contribution in [1.29, 1.82) is 0 Å².